The van der Waals surface area contributed by atoms with E-state index in [1.54, 1.807) is 60.7 Å². The molecule has 2 saturated heterocycles. The number of carbonyl (C=O) groups excluding carboxylic acids is 4. The number of fused-ring (bicyclic) bond motifs is 3. The second-order valence-corrected chi connectivity index (χ2v) is 14.8. The minimum Gasteiger partial charge on any atom is -0.491 e. The van der Waals surface area contributed by atoms with Crippen LogP contribution in [0.4, 0.5) is 10.5 Å². The molecule has 7 N–H and O–H groups in total. The summed E-state index contributed by atoms with van der Waals surface area (Å²) in [6.07, 6.45) is -1.97. The van der Waals surface area contributed by atoms with E-state index in [4.69, 9.17) is 15.2 Å². The van der Waals surface area contributed by atoms with Gasteiger partial charge in [0.05, 0.1) is 37.3 Å². The number of anilines is 1. The molecule has 8 rings (SSSR count). The topological polar surface area (TPSA) is 193 Å². The van der Waals surface area contributed by atoms with Crippen LogP contribution in [0, 0.1) is 17.8 Å². The highest BCUT2D eigenvalue weighted by atomic mass is 16.6. The lowest BCUT2D eigenvalue weighted by atomic mass is 9.65. The molecule has 0 saturated carbocycles. The second kappa shape index (κ2) is 17.1. The number of ether oxygens (including phenoxy) is 2. The minimum absolute atomic E-state index is 0.00534. The lowest BCUT2D eigenvalue weighted by Gasteiger charge is -2.46. The third kappa shape index (κ3) is 7.32. The van der Waals surface area contributed by atoms with Gasteiger partial charge in [-0.1, -0.05) is 115 Å². The Kier molecular flexibility index (Phi) is 11.3. The molecule has 0 aliphatic carbocycles. The number of nitrogens with one attached hydrogen (secondary N) is 3. The molecule has 5 aromatic carbocycles. The molecule has 0 radical (unpaired) electrons. The normalized spacial score (nSPS) is 23.3. The van der Waals surface area contributed by atoms with Gasteiger partial charge in [-0.25, -0.2) is 4.79 Å². The Hall–Kier alpha value is -6.98. The van der Waals surface area contributed by atoms with Gasteiger partial charge in [0.15, 0.2) is 0 Å². The largest absolute Gasteiger partial charge is 0.491 e. The molecule has 3 heterocycles. The zero-order valence-electron chi connectivity index (χ0n) is 32.4. The molecule has 3 aliphatic heterocycles. The monoisotopic (exact) mass is 805 g/mol. The number of amides is 4. The molecule has 60 heavy (non-hydrogen) atoms. The van der Waals surface area contributed by atoms with E-state index in [-0.39, 0.29) is 26.3 Å². The smallest absolute Gasteiger partial charge is 0.324 e. The molecule has 2 fully saturated rings. The van der Waals surface area contributed by atoms with Gasteiger partial charge in [-0.3, -0.25) is 19.3 Å². The SMILES string of the molecule is NC(=O)NCC#Cc1ccc2c(c1)C1(C(=O)N2)C(C(=O)NCC(O)c2ccccc2)C2C(=O)OC(c3ccccc3)C(c3ccccc3)N2C1c1cccc(OCCO)c1. The number of hydrogen-bond acceptors (Lipinski definition) is 9. The molecule has 13 nitrogen and oxygen atoms in total. The van der Waals surface area contributed by atoms with Gasteiger partial charge in [-0.2, -0.15) is 0 Å². The van der Waals surface area contributed by atoms with Crippen molar-refractivity contribution in [1.82, 2.24) is 15.5 Å². The Bertz CT molecular complexity index is 2460. The van der Waals surface area contributed by atoms with Crippen molar-refractivity contribution in [1.29, 1.82) is 0 Å². The fourth-order valence-corrected chi connectivity index (χ4v) is 8.99. The number of aliphatic hydroxyl groups is 2. The van der Waals surface area contributed by atoms with Crippen LogP contribution in [-0.4, -0.2) is 71.3 Å². The zero-order chi connectivity index (χ0) is 41.8. The molecule has 7 atom stereocenters. The summed E-state index contributed by atoms with van der Waals surface area (Å²) in [5.41, 5.74) is 7.37. The third-order valence-corrected chi connectivity index (χ3v) is 11.4. The van der Waals surface area contributed by atoms with Crippen molar-refractivity contribution < 1.29 is 38.9 Å². The predicted molar refractivity (Wildman–Crippen MR) is 221 cm³/mol. The summed E-state index contributed by atoms with van der Waals surface area (Å²) in [5.74, 6) is 3.01. The Morgan fingerprint density at radius 2 is 1.53 bits per heavy atom. The number of primary amides is 1. The highest BCUT2D eigenvalue weighted by molar-refractivity contribution is 6.12. The molecule has 4 amide bonds. The molecule has 0 aromatic heterocycles. The first-order valence-electron chi connectivity index (χ1n) is 19.6. The number of morpholine rings is 1. The van der Waals surface area contributed by atoms with E-state index < -0.39 is 65.5 Å². The Labute approximate surface area is 346 Å². The van der Waals surface area contributed by atoms with Gasteiger partial charge in [-0.05, 0) is 58.1 Å². The average Bonchev–Trinajstić information content (AvgIpc) is 3.75. The minimum atomic E-state index is -1.82. The van der Waals surface area contributed by atoms with Crippen molar-refractivity contribution in [2.75, 3.05) is 31.6 Å². The number of nitrogens with zero attached hydrogens (tertiary/aromatic N) is 1. The van der Waals surface area contributed by atoms with Gasteiger partial charge >= 0.3 is 12.0 Å². The van der Waals surface area contributed by atoms with Gasteiger partial charge in [-0.15, -0.1) is 0 Å². The number of aliphatic hydroxyl groups excluding tert-OH is 2. The highest BCUT2D eigenvalue weighted by Gasteiger charge is 2.74. The molecular weight excluding hydrogens is 763 g/mol. The summed E-state index contributed by atoms with van der Waals surface area (Å²) in [7, 11) is 0. The first-order valence-corrected chi connectivity index (χ1v) is 19.6. The standard InChI is InChI=1S/C47H43N5O8/c48-46(58)49-23-11-12-29-21-22-36-35(26-29)47(45(57)51-36)38(43(55)50-28-37(54)30-13-4-1-5-14-30)40-44(56)60-41(32-17-8-3-9-18-32)39(31-15-6-2-7-16-31)52(40)42(47)33-19-10-20-34(27-33)59-25-24-53/h1-10,13-22,26-27,37-42,53-54H,23-25,28H2,(H,50,55)(H,51,57)(H3,48,49,58). The molecule has 304 valence electrons. The molecule has 13 heteroatoms. The number of benzene rings is 5. The molecule has 3 aliphatic rings. The summed E-state index contributed by atoms with van der Waals surface area (Å²) in [5, 5.41) is 29.3. The van der Waals surface area contributed by atoms with E-state index in [9.17, 15) is 15.0 Å². The van der Waals surface area contributed by atoms with Gasteiger partial charge in [0.1, 0.15) is 29.9 Å². The van der Waals surface area contributed by atoms with Gasteiger partial charge in [0.2, 0.25) is 11.8 Å². The van der Waals surface area contributed by atoms with Crippen molar-refractivity contribution in [2.45, 2.75) is 35.7 Å². The summed E-state index contributed by atoms with van der Waals surface area (Å²) in [4.78, 5) is 59.0. The number of carbonyl (C=O) groups is 4. The Morgan fingerprint density at radius 1 is 0.850 bits per heavy atom. The predicted octanol–water partition coefficient (Wildman–Crippen LogP) is 4.20. The molecular formula is C47H43N5O8. The summed E-state index contributed by atoms with van der Waals surface area (Å²) < 4.78 is 12.4. The van der Waals surface area contributed by atoms with Crippen LogP contribution in [0.5, 0.6) is 5.75 Å². The second-order valence-electron chi connectivity index (χ2n) is 14.8. The van der Waals surface area contributed by atoms with Gasteiger partial charge < -0.3 is 41.4 Å². The zero-order valence-corrected chi connectivity index (χ0v) is 32.4. The van der Waals surface area contributed by atoms with Crippen LogP contribution in [0.2, 0.25) is 0 Å². The number of rotatable bonds is 11. The van der Waals surface area contributed by atoms with E-state index in [1.807, 2.05) is 77.7 Å². The maximum atomic E-state index is 15.4. The maximum absolute atomic E-state index is 15.4. The van der Waals surface area contributed by atoms with Gasteiger partial charge in [0, 0.05) is 17.8 Å². The van der Waals surface area contributed by atoms with Crippen LogP contribution in [-0.2, 0) is 24.5 Å². The summed E-state index contributed by atoms with van der Waals surface area (Å²) in [6, 6.07) is 36.2. The molecule has 0 bridgehead atoms. The van der Waals surface area contributed by atoms with E-state index in [2.05, 4.69) is 27.8 Å². The van der Waals surface area contributed by atoms with E-state index in [1.165, 1.54) is 0 Å². The number of nitrogens with two attached hydrogens (primary N) is 1. The van der Waals surface area contributed by atoms with Crippen LogP contribution in [0.25, 0.3) is 0 Å². The van der Waals surface area contributed by atoms with E-state index in [0.717, 1.165) is 5.56 Å². The molecule has 7 unspecified atom stereocenters. The van der Waals surface area contributed by atoms with Crippen molar-refractivity contribution in [2.24, 2.45) is 11.7 Å². The van der Waals surface area contributed by atoms with Crippen molar-refractivity contribution in [3.8, 4) is 17.6 Å². The fourth-order valence-electron chi connectivity index (χ4n) is 8.99. The van der Waals surface area contributed by atoms with Crippen LogP contribution >= 0.6 is 0 Å². The number of esters is 1. The van der Waals surface area contributed by atoms with Gasteiger partial charge in [0.25, 0.3) is 0 Å². The first-order chi connectivity index (χ1) is 29.2. The first kappa shape index (κ1) is 39.8. The number of hydrogen-bond donors (Lipinski definition) is 6. The highest BCUT2D eigenvalue weighted by Crippen LogP contribution is 2.65. The van der Waals surface area contributed by atoms with Crippen molar-refractivity contribution in [3.63, 3.8) is 0 Å². The summed E-state index contributed by atoms with van der Waals surface area (Å²) >= 11 is 0. The maximum Gasteiger partial charge on any atom is 0.324 e. The van der Waals surface area contributed by atoms with E-state index in [0.29, 0.717) is 39.3 Å². The number of urea groups is 1. The third-order valence-electron chi connectivity index (χ3n) is 11.4. The quantitative estimate of drug-likeness (QED) is 0.0839. The van der Waals surface area contributed by atoms with Crippen LogP contribution in [0.1, 0.15) is 57.7 Å². The van der Waals surface area contributed by atoms with Crippen LogP contribution in [0.3, 0.4) is 0 Å². The molecule has 5 aromatic rings. The fraction of sp³-hybridized carbons (Fsp3) is 0.234. The number of cyclic esters (lactones) is 1. The lowest BCUT2D eigenvalue weighted by Crippen LogP contribution is -2.55. The Morgan fingerprint density at radius 3 is 2.23 bits per heavy atom. The van der Waals surface area contributed by atoms with Crippen LogP contribution < -0.4 is 26.4 Å². The van der Waals surface area contributed by atoms with E-state index >= 15 is 14.4 Å². The lowest BCUT2D eigenvalue weighted by molar-refractivity contribution is -0.178. The Balaban J connectivity index is 1.38. The van der Waals surface area contributed by atoms with Crippen LogP contribution in [0.15, 0.2) is 133 Å². The molecule has 1 spiro atoms. The average molecular weight is 806 g/mol. The van der Waals surface area contributed by atoms with Crippen molar-refractivity contribution >= 4 is 29.5 Å². The summed E-state index contributed by atoms with van der Waals surface area (Å²) in [6.45, 7) is -0.481. The van der Waals surface area contributed by atoms with Crippen molar-refractivity contribution in [3.05, 3.63) is 167 Å².